The summed E-state index contributed by atoms with van der Waals surface area (Å²) in [6.45, 7) is 6.03. The Bertz CT molecular complexity index is 590. The van der Waals surface area contributed by atoms with Gasteiger partial charge in [0.1, 0.15) is 0 Å². The molecule has 0 atom stereocenters. The minimum absolute atomic E-state index is 0.00660. The van der Waals surface area contributed by atoms with Crippen LogP contribution in [0.2, 0.25) is 5.02 Å². The molecule has 4 nitrogen and oxygen atoms in total. The van der Waals surface area contributed by atoms with Gasteiger partial charge in [-0.25, -0.2) is 4.79 Å². The summed E-state index contributed by atoms with van der Waals surface area (Å²) in [6, 6.07) is 5.78. The van der Waals surface area contributed by atoms with Gasteiger partial charge in [0.2, 0.25) is 0 Å². The molecule has 0 radical (unpaired) electrons. The number of aromatic amines is 1. The first-order chi connectivity index (χ1) is 9.65. The van der Waals surface area contributed by atoms with Crippen LogP contribution >= 0.6 is 11.6 Å². The molecule has 0 saturated carbocycles. The van der Waals surface area contributed by atoms with Crippen LogP contribution in [0.3, 0.4) is 0 Å². The largest absolute Gasteiger partial charge is 0.361 e. The normalized spacial score (nSPS) is 10.8. The molecule has 108 valence electrons. The van der Waals surface area contributed by atoms with Gasteiger partial charge in [0.05, 0.1) is 0 Å². The summed E-state index contributed by atoms with van der Waals surface area (Å²) in [5.41, 5.74) is 2.24. The number of fused-ring (bicyclic) bond motifs is 1. The highest BCUT2D eigenvalue weighted by Crippen LogP contribution is 2.22. The third-order valence-corrected chi connectivity index (χ3v) is 3.69. The van der Waals surface area contributed by atoms with Gasteiger partial charge in [0.15, 0.2) is 0 Å². The minimum Gasteiger partial charge on any atom is -0.361 e. The van der Waals surface area contributed by atoms with E-state index in [1.165, 1.54) is 5.56 Å². The number of hydrogen-bond donors (Lipinski definition) is 2. The first-order valence-corrected chi connectivity index (χ1v) is 7.31. The Morgan fingerprint density at radius 1 is 1.35 bits per heavy atom. The molecule has 2 rings (SSSR count). The summed E-state index contributed by atoms with van der Waals surface area (Å²) in [6.07, 6.45) is 2.76. The number of carbonyl (C=O) groups excluding carboxylic acids is 1. The quantitative estimate of drug-likeness (QED) is 0.872. The van der Waals surface area contributed by atoms with Crippen LogP contribution in [0.25, 0.3) is 10.9 Å². The fraction of sp³-hybridized carbons (Fsp3) is 0.400. The van der Waals surface area contributed by atoms with Crippen molar-refractivity contribution < 1.29 is 4.79 Å². The van der Waals surface area contributed by atoms with E-state index in [2.05, 4.69) is 10.3 Å². The molecule has 0 aliphatic heterocycles. The number of H-pyrrole nitrogens is 1. The standard InChI is InChI=1S/C15H20ClN3O/c1-3-19(4-2)15(20)17-8-7-11-10-18-14-6-5-12(16)9-13(11)14/h5-6,9-10,18H,3-4,7-8H2,1-2H3,(H,17,20). The van der Waals surface area contributed by atoms with E-state index in [0.717, 1.165) is 35.4 Å². The predicted octanol–water partition coefficient (Wildman–Crippen LogP) is 3.42. The molecule has 2 aromatic rings. The summed E-state index contributed by atoms with van der Waals surface area (Å²) in [5, 5.41) is 4.79. The second-order valence-corrected chi connectivity index (χ2v) is 5.09. The third kappa shape index (κ3) is 3.25. The highest BCUT2D eigenvalue weighted by atomic mass is 35.5. The molecule has 5 heteroatoms. The maximum atomic E-state index is 11.8. The van der Waals surface area contributed by atoms with Gasteiger partial charge < -0.3 is 15.2 Å². The maximum absolute atomic E-state index is 11.8. The van der Waals surface area contributed by atoms with Crippen molar-refractivity contribution in [1.29, 1.82) is 0 Å². The van der Waals surface area contributed by atoms with Gasteiger partial charge in [-0.2, -0.15) is 0 Å². The van der Waals surface area contributed by atoms with Gasteiger partial charge in [0.25, 0.3) is 0 Å². The van der Waals surface area contributed by atoms with Crippen LogP contribution in [-0.4, -0.2) is 35.5 Å². The molecule has 0 bridgehead atoms. The molecular formula is C15H20ClN3O. The van der Waals surface area contributed by atoms with Gasteiger partial charge in [-0.1, -0.05) is 11.6 Å². The molecule has 0 unspecified atom stereocenters. The van der Waals surface area contributed by atoms with Gasteiger partial charge in [0, 0.05) is 41.8 Å². The van der Waals surface area contributed by atoms with Gasteiger partial charge in [-0.05, 0) is 44.0 Å². The van der Waals surface area contributed by atoms with E-state index in [4.69, 9.17) is 11.6 Å². The second kappa shape index (κ2) is 6.66. The SMILES string of the molecule is CCN(CC)C(=O)NCCc1c[nH]c2ccc(Cl)cc12. The van der Waals surface area contributed by atoms with E-state index in [-0.39, 0.29) is 6.03 Å². The average molecular weight is 294 g/mol. The Morgan fingerprint density at radius 3 is 2.80 bits per heavy atom. The predicted molar refractivity (Wildman–Crippen MR) is 83.3 cm³/mol. The zero-order valence-electron chi connectivity index (χ0n) is 11.9. The highest BCUT2D eigenvalue weighted by Gasteiger charge is 2.09. The van der Waals surface area contributed by atoms with Crippen molar-refractivity contribution >= 4 is 28.5 Å². The number of amides is 2. The molecular weight excluding hydrogens is 274 g/mol. The fourth-order valence-electron chi connectivity index (χ4n) is 2.28. The lowest BCUT2D eigenvalue weighted by molar-refractivity contribution is 0.203. The number of benzene rings is 1. The number of rotatable bonds is 5. The molecule has 20 heavy (non-hydrogen) atoms. The van der Waals surface area contributed by atoms with Gasteiger partial charge in [-0.15, -0.1) is 0 Å². The lowest BCUT2D eigenvalue weighted by atomic mass is 10.1. The van der Waals surface area contributed by atoms with Crippen molar-refractivity contribution in [2.75, 3.05) is 19.6 Å². The van der Waals surface area contributed by atoms with Crippen molar-refractivity contribution in [3.05, 3.63) is 35.0 Å². The first-order valence-electron chi connectivity index (χ1n) is 6.94. The van der Waals surface area contributed by atoms with Crippen LogP contribution in [-0.2, 0) is 6.42 Å². The maximum Gasteiger partial charge on any atom is 0.317 e. The van der Waals surface area contributed by atoms with Crippen LogP contribution in [0.15, 0.2) is 24.4 Å². The molecule has 2 N–H and O–H groups in total. The number of hydrogen-bond acceptors (Lipinski definition) is 1. The van der Waals surface area contributed by atoms with Crippen molar-refractivity contribution in [2.24, 2.45) is 0 Å². The summed E-state index contributed by atoms with van der Waals surface area (Å²) in [7, 11) is 0. The molecule has 0 aliphatic rings. The molecule has 2 amide bonds. The number of urea groups is 1. The van der Waals surface area contributed by atoms with E-state index >= 15 is 0 Å². The Labute approximate surface area is 124 Å². The Kier molecular flexibility index (Phi) is 4.90. The van der Waals surface area contributed by atoms with Crippen LogP contribution < -0.4 is 5.32 Å². The highest BCUT2D eigenvalue weighted by molar-refractivity contribution is 6.31. The third-order valence-electron chi connectivity index (χ3n) is 3.45. The number of nitrogens with zero attached hydrogens (tertiary/aromatic N) is 1. The van der Waals surface area contributed by atoms with Crippen molar-refractivity contribution in [1.82, 2.24) is 15.2 Å². The van der Waals surface area contributed by atoms with Crippen LogP contribution in [0.1, 0.15) is 19.4 Å². The molecule has 1 aromatic carbocycles. The van der Waals surface area contributed by atoms with Crippen LogP contribution in [0.5, 0.6) is 0 Å². The molecule has 0 aliphatic carbocycles. The first kappa shape index (κ1) is 14.7. The Hall–Kier alpha value is -1.68. The number of aromatic nitrogens is 1. The zero-order valence-corrected chi connectivity index (χ0v) is 12.6. The van der Waals surface area contributed by atoms with Crippen molar-refractivity contribution in [2.45, 2.75) is 20.3 Å². The smallest absolute Gasteiger partial charge is 0.317 e. The lowest BCUT2D eigenvalue weighted by Crippen LogP contribution is -2.40. The van der Waals surface area contributed by atoms with Crippen LogP contribution in [0, 0.1) is 0 Å². The molecule has 0 saturated heterocycles. The molecule has 0 fully saturated rings. The molecule has 0 spiro atoms. The Morgan fingerprint density at radius 2 is 2.10 bits per heavy atom. The minimum atomic E-state index is -0.00660. The summed E-state index contributed by atoms with van der Waals surface area (Å²) >= 11 is 6.02. The number of carbonyl (C=O) groups is 1. The summed E-state index contributed by atoms with van der Waals surface area (Å²) in [5.74, 6) is 0. The fourth-order valence-corrected chi connectivity index (χ4v) is 2.46. The lowest BCUT2D eigenvalue weighted by Gasteiger charge is -2.19. The number of halogens is 1. The van der Waals surface area contributed by atoms with E-state index in [1.54, 1.807) is 4.90 Å². The zero-order chi connectivity index (χ0) is 14.5. The summed E-state index contributed by atoms with van der Waals surface area (Å²) < 4.78 is 0. The van der Waals surface area contributed by atoms with Crippen molar-refractivity contribution in [3.8, 4) is 0 Å². The van der Waals surface area contributed by atoms with Gasteiger partial charge in [-0.3, -0.25) is 0 Å². The van der Waals surface area contributed by atoms with E-state index in [1.807, 2.05) is 38.2 Å². The van der Waals surface area contributed by atoms with Crippen molar-refractivity contribution in [3.63, 3.8) is 0 Å². The topological polar surface area (TPSA) is 48.1 Å². The average Bonchev–Trinajstić information content (AvgIpc) is 2.83. The Balaban J connectivity index is 1.96. The molecule has 1 heterocycles. The van der Waals surface area contributed by atoms with E-state index < -0.39 is 0 Å². The van der Waals surface area contributed by atoms with E-state index in [9.17, 15) is 4.79 Å². The second-order valence-electron chi connectivity index (χ2n) is 4.66. The van der Waals surface area contributed by atoms with Gasteiger partial charge >= 0.3 is 6.03 Å². The van der Waals surface area contributed by atoms with Crippen LogP contribution in [0.4, 0.5) is 4.79 Å². The summed E-state index contributed by atoms with van der Waals surface area (Å²) in [4.78, 5) is 16.8. The van der Waals surface area contributed by atoms with E-state index in [0.29, 0.717) is 6.54 Å². The monoisotopic (exact) mass is 293 g/mol. The number of nitrogens with one attached hydrogen (secondary N) is 2. The molecule has 1 aromatic heterocycles.